The smallest absolute Gasteiger partial charge is 0.0224 e. The molecule has 0 aromatic rings. The van der Waals surface area contributed by atoms with Crippen LogP contribution in [0.1, 0.15) is 65.2 Å². The summed E-state index contributed by atoms with van der Waals surface area (Å²) in [6.45, 7) is 8.79. The average molecular weight is 255 g/mol. The molecule has 3 atom stereocenters. The molecule has 3 unspecified atom stereocenters. The number of hydrogen-bond donors (Lipinski definition) is 1. The maximum Gasteiger partial charge on any atom is 0.0224 e. The van der Waals surface area contributed by atoms with Crippen LogP contribution in [0.5, 0.6) is 0 Å². The Hall–Kier alpha value is 0.0500. The molecular formula is C15H29NS. The van der Waals surface area contributed by atoms with Gasteiger partial charge in [0.05, 0.1) is 0 Å². The molecule has 2 N–H and O–H groups in total. The Balaban J connectivity index is 2.45. The van der Waals surface area contributed by atoms with Crippen LogP contribution in [0.4, 0.5) is 0 Å². The highest BCUT2D eigenvalue weighted by molar-refractivity contribution is 7.97. The third-order valence-electron chi connectivity index (χ3n) is 4.18. The lowest BCUT2D eigenvalue weighted by Crippen LogP contribution is -2.29. The van der Waals surface area contributed by atoms with Crippen molar-refractivity contribution in [2.75, 3.05) is 0 Å². The number of allylic oxidation sites excluding steroid dienone is 1. The molecule has 0 spiro atoms. The van der Waals surface area contributed by atoms with Gasteiger partial charge in [0.15, 0.2) is 0 Å². The van der Waals surface area contributed by atoms with E-state index >= 15 is 0 Å². The Morgan fingerprint density at radius 2 is 2.06 bits per heavy atom. The summed E-state index contributed by atoms with van der Waals surface area (Å²) in [7, 11) is 0. The summed E-state index contributed by atoms with van der Waals surface area (Å²) in [6, 6.07) is 0. The quantitative estimate of drug-likeness (QED) is 0.516. The fourth-order valence-corrected chi connectivity index (χ4v) is 3.89. The predicted molar refractivity (Wildman–Crippen MR) is 80.0 cm³/mol. The van der Waals surface area contributed by atoms with Crippen molar-refractivity contribution in [2.45, 2.75) is 70.5 Å². The molecule has 1 rings (SSSR count). The largest absolute Gasteiger partial charge is 0.278 e. The minimum Gasteiger partial charge on any atom is -0.278 e. The first-order valence-electron chi connectivity index (χ1n) is 7.26. The van der Waals surface area contributed by atoms with Crippen molar-refractivity contribution in [1.29, 1.82) is 0 Å². The molecule has 0 saturated heterocycles. The van der Waals surface area contributed by atoms with E-state index in [4.69, 9.17) is 5.14 Å². The summed E-state index contributed by atoms with van der Waals surface area (Å²) in [6.07, 6.45) is 10.5. The Morgan fingerprint density at radius 3 is 2.65 bits per heavy atom. The third-order valence-corrected chi connectivity index (χ3v) is 5.11. The lowest BCUT2D eigenvalue weighted by Gasteiger charge is -2.36. The first-order chi connectivity index (χ1) is 8.22. The lowest BCUT2D eigenvalue weighted by atomic mass is 9.76. The van der Waals surface area contributed by atoms with Crippen LogP contribution in [0.15, 0.2) is 12.2 Å². The molecule has 0 heterocycles. The van der Waals surface area contributed by atoms with Gasteiger partial charge in [-0.05, 0) is 43.9 Å². The van der Waals surface area contributed by atoms with Gasteiger partial charge in [-0.25, -0.2) is 0 Å². The Bertz CT molecular complexity index is 227. The minimum absolute atomic E-state index is 0.675. The van der Waals surface area contributed by atoms with Gasteiger partial charge < -0.3 is 0 Å². The Labute approximate surface area is 112 Å². The summed E-state index contributed by atoms with van der Waals surface area (Å²) in [5.41, 5.74) is 1.47. The number of unbranched alkanes of at least 4 members (excludes halogenated alkanes) is 1. The normalized spacial score (nSPS) is 29.2. The van der Waals surface area contributed by atoms with E-state index in [1.165, 1.54) is 56.9 Å². The van der Waals surface area contributed by atoms with Gasteiger partial charge in [-0.3, -0.25) is 5.14 Å². The van der Waals surface area contributed by atoms with Crippen LogP contribution < -0.4 is 5.14 Å². The highest BCUT2D eigenvalue weighted by Crippen LogP contribution is 2.40. The van der Waals surface area contributed by atoms with Crippen LogP contribution in [0.2, 0.25) is 0 Å². The first kappa shape index (κ1) is 15.1. The lowest BCUT2D eigenvalue weighted by molar-refractivity contribution is 0.290. The highest BCUT2D eigenvalue weighted by Gasteiger charge is 2.30. The molecule has 0 aliphatic heterocycles. The van der Waals surface area contributed by atoms with Gasteiger partial charge in [-0.2, -0.15) is 0 Å². The Kier molecular flexibility index (Phi) is 7.29. The number of nitrogens with two attached hydrogens (primary N) is 1. The van der Waals surface area contributed by atoms with Crippen molar-refractivity contribution in [1.82, 2.24) is 0 Å². The zero-order chi connectivity index (χ0) is 12.7. The fourth-order valence-electron chi connectivity index (χ4n) is 3.05. The first-order valence-corrected chi connectivity index (χ1v) is 8.20. The molecule has 1 fully saturated rings. The molecule has 0 aromatic carbocycles. The number of rotatable bonds is 7. The molecule has 100 valence electrons. The summed E-state index contributed by atoms with van der Waals surface area (Å²) < 4.78 is 0. The average Bonchev–Trinajstić information content (AvgIpc) is 2.36. The van der Waals surface area contributed by atoms with Crippen molar-refractivity contribution in [3.63, 3.8) is 0 Å². The topological polar surface area (TPSA) is 26.0 Å². The van der Waals surface area contributed by atoms with Gasteiger partial charge in [-0.15, -0.1) is 0 Å². The molecule has 17 heavy (non-hydrogen) atoms. The maximum atomic E-state index is 5.89. The van der Waals surface area contributed by atoms with Crippen LogP contribution in [0.3, 0.4) is 0 Å². The summed E-state index contributed by atoms with van der Waals surface area (Å²) in [5, 5.41) is 6.56. The highest BCUT2D eigenvalue weighted by atomic mass is 32.2. The molecule has 0 aromatic heterocycles. The fraction of sp³-hybridized carbons (Fsp3) is 0.867. The molecule has 0 bridgehead atoms. The second kappa shape index (κ2) is 8.20. The van der Waals surface area contributed by atoms with E-state index < -0.39 is 0 Å². The molecule has 2 heteroatoms. The molecule has 1 saturated carbocycles. The van der Waals surface area contributed by atoms with Gasteiger partial charge in [0.1, 0.15) is 0 Å². The summed E-state index contributed by atoms with van der Waals surface area (Å²) in [5.74, 6) is 1.60. The van der Waals surface area contributed by atoms with E-state index in [-0.39, 0.29) is 0 Å². The number of hydrogen-bond acceptors (Lipinski definition) is 2. The van der Waals surface area contributed by atoms with Crippen LogP contribution in [0, 0.1) is 11.8 Å². The van der Waals surface area contributed by atoms with Gasteiger partial charge >= 0.3 is 0 Å². The van der Waals surface area contributed by atoms with Crippen LogP contribution >= 0.6 is 11.9 Å². The zero-order valence-electron chi connectivity index (χ0n) is 11.6. The second-order valence-corrected chi connectivity index (χ2v) is 6.37. The van der Waals surface area contributed by atoms with Crippen LogP contribution in [-0.4, -0.2) is 5.25 Å². The van der Waals surface area contributed by atoms with Gasteiger partial charge in [0.25, 0.3) is 0 Å². The van der Waals surface area contributed by atoms with Crippen molar-refractivity contribution < 1.29 is 0 Å². The maximum absolute atomic E-state index is 5.89. The summed E-state index contributed by atoms with van der Waals surface area (Å²) in [4.78, 5) is 0. The molecule has 1 aliphatic carbocycles. The monoisotopic (exact) mass is 255 g/mol. The van der Waals surface area contributed by atoms with Crippen LogP contribution in [-0.2, 0) is 0 Å². The Morgan fingerprint density at radius 1 is 1.29 bits per heavy atom. The van der Waals surface area contributed by atoms with E-state index in [1.54, 1.807) is 11.9 Å². The molecule has 1 aliphatic rings. The third kappa shape index (κ3) is 4.67. The molecular weight excluding hydrogens is 226 g/mol. The standard InChI is InChI=1S/C15H29NS/c1-4-6-8-13-9-10-14(11-15(13)17-16)12(3)7-5-2/h13-15H,3-11,16H2,1-2H3. The molecule has 0 radical (unpaired) electrons. The van der Waals surface area contributed by atoms with Crippen LogP contribution in [0.25, 0.3) is 0 Å². The van der Waals surface area contributed by atoms with Gasteiger partial charge in [-0.1, -0.05) is 57.2 Å². The van der Waals surface area contributed by atoms with E-state index in [2.05, 4.69) is 20.4 Å². The van der Waals surface area contributed by atoms with Gasteiger partial charge in [0.2, 0.25) is 0 Å². The van der Waals surface area contributed by atoms with E-state index in [9.17, 15) is 0 Å². The zero-order valence-corrected chi connectivity index (χ0v) is 12.4. The molecule has 1 nitrogen and oxygen atoms in total. The van der Waals surface area contributed by atoms with E-state index in [0.717, 1.165) is 11.8 Å². The van der Waals surface area contributed by atoms with Crippen molar-refractivity contribution >= 4 is 11.9 Å². The minimum atomic E-state index is 0.675. The van der Waals surface area contributed by atoms with Crippen molar-refractivity contribution in [3.05, 3.63) is 12.2 Å². The molecule has 0 amide bonds. The second-order valence-electron chi connectivity index (χ2n) is 5.50. The summed E-state index contributed by atoms with van der Waals surface area (Å²) >= 11 is 1.60. The SMILES string of the molecule is C=C(CCC)C1CCC(CCCC)C(SN)C1. The van der Waals surface area contributed by atoms with Crippen molar-refractivity contribution in [3.8, 4) is 0 Å². The van der Waals surface area contributed by atoms with Crippen molar-refractivity contribution in [2.24, 2.45) is 17.0 Å². The predicted octanol–water partition coefficient (Wildman–Crippen LogP) is 4.92. The van der Waals surface area contributed by atoms with E-state index in [1.807, 2.05) is 0 Å². The van der Waals surface area contributed by atoms with Gasteiger partial charge in [0, 0.05) is 5.25 Å². The van der Waals surface area contributed by atoms with E-state index in [0.29, 0.717) is 5.25 Å².